The lowest BCUT2D eigenvalue weighted by Crippen LogP contribution is -3.00. The van der Waals surface area contributed by atoms with Gasteiger partial charge < -0.3 is 28.1 Å². The van der Waals surface area contributed by atoms with Gasteiger partial charge in [-0.2, -0.15) is 8.42 Å². The van der Waals surface area contributed by atoms with E-state index in [1.807, 2.05) is 18.2 Å². The number of nitrogens with one attached hydrogen (secondary N) is 3. The van der Waals surface area contributed by atoms with Crippen molar-refractivity contribution in [1.82, 2.24) is 4.72 Å². The largest absolute Gasteiger partial charge is 1.00 e. The van der Waals surface area contributed by atoms with E-state index in [9.17, 15) is 26.5 Å². The van der Waals surface area contributed by atoms with Crippen LogP contribution in [0.4, 0.5) is 17.1 Å². The van der Waals surface area contributed by atoms with Crippen LogP contribution in [0.25, 0.3) is 33.1 Å². The number of sulfonamides is 1. The van der Waals surface area contributed by atoms with Gasteiger partial charge in [0.2, 0.25) is 10.0 Å². The molecule has 4 aromatic carbocycles. The van der Waals surface area contributed by atoms with Gasteiger partial charge in [0.05, 0.1) is 45.0 Å². The second-order valence-electron chi connectivity index (χ2n) is 13.5. The Labute approximate surface area is 301 Å². The van der Waals surface area contributed by atoms with Crippen LogP contribution < -0.4 is 27.8 Å². The predicted molar refractivity (Wildman–Crippen MR) is 195 cm³/mol. The number of rotatable bonds is 11. The average molecular weight is 793 g/mol. The molecule has 0 unspecified atom stereocenters. The second kappa shape index (κ2) is 14.5. The maximum atomic E-state index is 13.4. The molecule has 1 heterocycles. The smallest absolute Gasteiger partial charge is 0.363 e. The monoisotopic (exact) mass is 791 g/mol. The van der Waals surface area contributed by atoms with E-state index in [1.165, 1.54) is 24.3 Å². The van der Waals surface area contributed by atoms with Gasteiger partial charge in [-0.1, -0.05) is 39.0 Å². The molecule has 0 saturated heterocycles. The Morgan fingerprint density at radius 2 is 1.43 bits per heavy atom. The molecule has 0 aliphatic rings. The van der Waals surface area contributed by atoms with Gasteiger partial charge in [0, 0.05) is 39.1 Å². The van der Waals surface area contributed by atoms with Gasteiger partial charge in [-0.05, 0) is 90.1 Å². The quantitative estimate of drug-likeness (QED) is 0.0691. The zero-order valence-corrected chi connectivity index (χ0v) is 31.6. The van der Waals surface area contributed by atoms with Crippen LogP contribution >= 0.6 is 15.9 Å². The van der Waals surface area contributed by atoms with Gasteiger partial charge >= 0.3 is 11.2 Å². The molecule has 0 bridgehead atoms. The molecule has 262 valence electrons. The Hall–Kier alpha value is -3.30. The first-order chi connectivity index (χ1) is 22.4. The summed E-state index contributed by atoms with van der Waals surface area (Å²) in [5.41, 5.74) is 3.65. The molecule has 0 aliphatic heterocycles. The van der Waals surface area contributed by atoms with Gasteiger partial charge in [0.25, 0.3) is 10.1 Å². The van der Waals surface area contributed by atoms with Gasteiger partial charge in [-0.15, -0.1) is 0 Å². The van der Waals surface area contributed by atoms with Crippen LogP contribution in [0.2, 0.25) is 0 Å². The number of hydrogen-bond donors (Lipinski definition) is 5. The van der Waals surface area contributed by atoms with Crippen LogP contribution in [0.15, 0.2) is 97.5 Å². The van der Waals surface area contributed by atoms with Crippen LogP contribution in [-0.2, 0) is 20.1 Å². The zero-order chi connectivity index (χ0) is 35.1. The summed E-state index contributed by atoms with van der Waals surface area (Å²) in [5, 5.41) is 17.5. The van der Waals surface area contributed by atoms with Crippen LogP contribution in [0.1, 0.15) is 41.0 Å². The number of anilines is 3. The maximum absolute atomic E-state index is 13.4. The molecule has 0 saturated carbocycles. The van der Waals surface area contributed by atoms with Crippen molar-refractivity contribution in [1.29, 1.82) is 0 Å². The Morgan fingerprint density at radius 3 is 2.04 bits per heavy atom. The van der Waals surface area contributed by atoms with Crippen molar-refractivity contribution in [3.05, 3.63) is 83.3 Å². The summed E-state index contributed by atoms with van der Waals surface area (Å²) < 4.78 is 69.6. The van der Waals surface area contributed by atoms with Crippen molar-refractivity contribution in [2.24, 2.45) is 5.41 Å². The van der Waals surface area contributed by atoms with E-state index in [0.29, 0.717) is 48.9 Å². The van der Waals surface area contributed by atoms with Crippen molar-refractivity contribution in [2.75, 3.05) is 23.8 Å². The van der Waals surface area contributed by atoms with E-state index < -0.39 is 20.1 Å². The molecule has 49 heavy (non-hydrogen) atoms. The molecule has 5 aromatic rings. The van der Waals surface area contributed by atoms with Crippen molar-refractivity contribution in [3.8, 4) is 11.1 Å². The Morgan fingerprint density at radius 1 is 0.816 bits per heavy atom. The van der Waals surface area contributed by atoms with Crippen molar-refractivity contribution in [3.63, 3.8) is 0 Å². The number of aliphatic hydroxyl groups excluding tert-OH is 1. The molecular formula is C35H39BrClN3O7S2. The molecule has 0 amide bonds. The third kappa shape index (κ3) is 9.09. The van der Waals surface area contributed by atoms with Gasteiger partial charge in [0.1, 0.15) is 0 Å². The summed E-state index contributed by atoms with van der Waals surface area (Å²) in [6, 6.07) is 21.9. The lowest BCUT2D eigenvalue weighted by atomic mass is 9.81. The van der Waals surface area contributed by atoms with E-state index in [4.69, 9.17) is 4.42 Å². The van der Waals surface area contributed by atoms with Gasteiger partial charge in [-0.25, -0.2) is 17.6 Å². The summed E-state index contributed by atoms with van der Waals surface area (Å²) in [5.74, 6) is 0. The molecule has 0 fully saturated rings. The molecule has 1 aromatic heterocycles. The van der Waals surface area contributed by atoms with Crippen LogP contribution in [0, 0.1) is 5.41 Å². The molecule has 0 radical (unpaired) electrons. The fourth-order valence-corrected chi connectivity index (χ4v) is 8.26. The van der Waals surface area contributed by atoms with Crippen LogP contribution in [0.5, 0.6) is 0 Å². The average Bonchev–Trinajstić information content (AvgIpc) is 2.98. The zero-order valence-electron chi connectivity index (χ0n) is 27.6. The molecule has 0 spiro atoms. The second-order valence-corrected chi connectivity index (χ2v) is 17.5. The number of fused-ring (bicyclic) bond motifs is 2. The fourth-order valence-electron chi connectivity index (χ4n) is 6.18. The lowest BCUT2D eigenvalue weighted by Gasteiger charge is -2.34. The van der Waals surface area contributed by atoms with Gasteiger partial charge in [-0.3, -0.25) is 4.55 Å². The van der Waals surface area contributed by atoms with Crippen molar-refractivity contribution in [2.45, 2.75) is 56.4 Å². The number of benzene rings is 4. The summed E-state index contributed by atoms with van der Waals surface area (Å²) >= 11 is 3.43. The molecule has 5 N–H and O–H groups in total. The summed E-state index contributed by atoms with van der Waals surface area (Å²) in [6.45, 7) is 10.4. The van der Waals surface area contributed by atoms with Crippen LogP contribution in [-0.4, -0.2) is 45.2 Å². The van der Waals surface area contributed by atoms with Crippen molar-refractivity contribution >= 4 is 75.1 Å². The third-order valence-electron chi connectivity index (χ3n) is 7.54. The number of aliphatic hydroxyl groups is 1. The Balaban J connectivity index is 0.00000541. The molecule has 10 nitrogen and oxygen atoms in total. The minimum absolute atomic E-state index is 0. The van der Waals surface area contributed by atoms with E-state index in [1.54, 1.807) is 36.4 Å². The first kappa shape index (κ1) is 38.5. The topological polar surface area (TPSA) is 156 Å². The minimum Gasteiger partial charge on any atom is -1.00 e. The van der Waals surface area contributed by atoms with E-state index >= 15 is 0 Å². The SMILES string of the molecule is CC(C)(C)CC(C)(C)Nc1ccc2c(-c3ccccc3S(=O)(=O)NCCO)c3ccc(Nc4cc(S(=O)(=O)O)ccc4Br)cc3[o+]c2c1.[Cl-]. The molecule has 5 rings (SSSR count). The fraction of sp³-hybridized carbons (Fsp3) is 0.286. The first-order valence-electron chi connectivity index (χ1n) is 15.2. The number of halogens is 2. The Bertz CT molecular complexity index is 2240. The summed E-state index contributed by atoms with van der Waals surface area (Å²) in [6.07, 6.45) is 0.896. The highest BCUT2D eigenvalue weighted by molar-refractivity contribution is 9.10. The van der Waals surface area contributed by atoms with Crippen molar-refractivity contribution < 1.29 is 43.3 Å². The molecule has 0 aliphatic carbocycles. The first-order valence-corrected chi connectivity index (χ1v) is 18.9. The highest BCUT2D eigenvalue weighted by Crippen LogP contribution is 2.42. The summed E-state index contributed by atoms with van der Waals surface area (Å²) in [4.78, 5) is -0.220. The molecular weight excluding hydrogens is 754 g/mol. The maximum Gasteiger partial charge on any atom is 0.363 e. The molecule has 14 heteroatoms. The van der Waals surface area contributed by atoms with E-state index in [-0.39, 0.29) is 46.3 Å². The lowest BCUT2D eigenvalue weighted by molar-refractivity contribution is -0.0000190. The Kier molecular flexibility index (Phi) is 11.4. The van der Waals surface area contributed by atoms with Crippen LogP contribution in [0.3, 0.4) is 0 Å². The normalized spacial score (nSPS) is 12.6. The molecule has 0 atom stereocenters. The minimum atomic E-state index is -4.43. The standard InChI is InChI=1S/C35H38BrN3O7S2.ClH/c1-34(2,3)21-35(4,5)39-23-11-14-26-31(19-23)46-30-18-22(38-29-20-24(48(43,44)45)12-15-28(29)36)10-13-25(30)33(26)27-8-6-7-9-32(27)47(41,42)37-16-17-40;/h6-15,18-20,37-40H,16-17,21H2,1-5H3;1H. The van der Waals surface area contributed by atoms with E-state index in [0.717, 1.165) is 12.1 Å². The summed E-state index contributed by atoms with van der Waals surface area (Å²) in [7, 11) is -8.43. The highest BCUT2D eigenvalue weighted by Gasteiger charge is 2.29. The van der Waals surface area contributed by atoms with E-state index in [2.05, 4.69) is 65.9 Å². The van der Waals surface area contributed by atoms with Gasteiger partial charge in [0.15, 0.2) is 0 Å². The predicted octanol–water partition coefficient (Wildman–Crippen LogP) is 5.19. The number of hydrogen-bond acceptors (Lipinski definition) is 7. The highest BCUT2D eigenvalue weighted by atomic mass is 79.9. The third-order valence-corrected chi connectivity index (χ3v) is 10.6.